The molecule has 5 rings (SSSR count). The number of amides is 2. The maximum atomic E-state index is 13.8. The molecule has 0 radical (unpaired) electrons. The van der Waals surface area contributed by atoms with Gasteiger partial charge in [0.05, 0.1) is 18.5 Å². The molecule has 1 aromatic heterocycles. The van der Waals surface area contributed by atoms with Gasteiger partial charge in [0.15, 0.2) is 11.5 Å². The van der Waals surface area contributed by atoms with Crippen molar-refractivity contribution in [3.05, 3.63) is 89.1 Å². The first kappa shape index (κ1) is 26.3. The van der Waals surface area contributed by atoms with E-state index < -0.39 is 6.04 Å². The van der Waals surface area contributed by atoms with Crippen LogP contribution in [-0.4, -0.2) is 48.0 Å². The van der Waals surface area contributed by atoms with Gasteiger partial charge in [0.1, 0.15) is 6.04 Å². The lowest BCUT2D eigenvalue weighted by Gasteiger charge is -2.25. The molecule has 0 saturated heterocycles. The topological polar surface area (TPSA) is 93.0 Å². The third-order valence-electron chi connectivity index (χ3n) is 7.33. The fourth-order valence-corrected chi connectivity index (χ4v) is 5.30. The summed E-state index contributed by atoms with van der Waals surface area (Å²) in [4.78, 5) is 28.8. The summed E-state index contributed by atoms with van der Waals surface area (Å²) in [6.07, 6.45) is 0.473. The minimum absolute atomic E-state index is 0.00440. The molecule has 8 nitrogen and oxygen atoms in total. The highest BCUT2D eigenvalue weighted by Crippen LogP contribution is 2.35. The van der Waals surface area contributed by atoms with Gasteiger partial charge in [0.2, 0.25) is 18.6 Å². The molecule has 0 saturated carbocycles. The summed E-state index contributed by atoms with van der Waals surface area (Å²) >= 11 is 0. The maximum absolute atomic E-state index is 13.8. The number of rotatable bonds is 9. The highest BCUT2D eigenvalue weighted by molar-refractivity contribution is 6.00. The number of carbonyl (C=O) groups excluding carboxylic acids is 2. The Balaban J connectivity index is 1.41. The highest BCUT2D eigenvalue weighted by atomic mass is 16.7. The van der Waals surface area contributed by atoms with Crippen LogP contribution in [0.5, 0.6) is 11.5 Å². The zero-order chi connectivity index (χ0) is 27.5. The smallest absolute Gasteiger partial charge is 0.249 e. The molecule has 2 heterocycles. The van der Waals surface area contributed by atoms with Gasteiger partial charge in [-0.3, -0.25) is 9.59 Å². The zero-order valence-electron chi connectivity index (χ0n) is 22.4. The number of nitrogens with one attached hydrogen (secondary N) is 1. The van der Waals surface area contributed by atoms with Crippen LogP contribution in [0.1, 0.15) is 22.4 Å². The Morgan fingerprint density at radius 1 is 1.03 bits per heavy atom. The molecule has 2 amide bonds. The molecule has 0 fully saturated rings. The van der Waals surface area contributed by atoms with Crippen LogP contribution in [0.25, 0.3) is 10.9 Å². The van der Waals surface area contributed by atoms with Crippen LogP contribution in [0.3, 0.4) is 0 Å². The summed E-state index contributed by atoms with van der Waals surface area (Å²) < 4.78 is 12.9. The van der Waals surface area contributed by atoms with Crippen LogP contribution in [0, 0.1) is 13.8 Å². The lowest BCUT2D eigenvalue weighted by molar-refractivity contribution is -0.127. The second kappa shape index (κ2) is 11.2. The largest absolute Gasteiger partial charge is 0.454 e. The van der Waals surface area contributed by atoms with E-state index in [-0.39, 0.29) is 31.6 Å². The van der Waals surface area contributed by atoms with E-state index in [2.05, 4.69) is 9.88 Å². The summed E-state index contributed by atoms with van der Waals surface area (Å²) in [6, 6.07) is 20.2. The first-order valence-corrected chi connectivity index (χ1v) is 13.1. The number of hydrogen-bond acceptors (Lipinski definition) is 5. The second-order valence-electron chi connectivity index (χ2n) is 9.83. The number of anilines is 1. The van der Waals surface area contributed by atoms with Crippen molar-refractivity contribution in [1.82, 2.24) is 9.88 Å². The van der Waals surface area contributed by atoms with Gasteiger partial charge >= 0.3 is 0 Å². The number of ether oxygens (including phenoxy) is 2. The Hall–Kier alpha value is -4.30. The van der Waals surface area contributed by atoms with Crippen molar-refractivity contribution in [2.45, 2.75) is 39.3 Å². The lowest BCUT2D eigenvalue weighted by Crippen LogP contribution is -2.49. The van der Waals surface area contributed by atoms with Crippen LogP contribution in [0.15, 0.2) is 66.7 Å². The molecule has 1 aliphatic rings. The summed E-state index contributed by atoms with van der Waals surface area (Å²) in [5.41, 5.74) is 5.53. The Bertz CT molecular complexity index is 1510. The number of benzene rings is 3. The van der Waals surface area contributed by atoms with Crippen molar-refractivity contribution in [1.29, 1.82) is 0 Å². The van der Waals surface area contributed by atoms with Gasteiger partial charge in [-0.25, -0.2) is 0 Å². The first-order valence-electron chi connectivity index (χ1n) is 13.1. The molecule has 0 bridgehead atoms. The molecule has 202 valence electrons. The summed E-state index contributed by atoms with van der Waals surface area (Å²) in [6.45, 7) is 4.60. The van der Waals surface area contributed by atoms with Gasteiger partial charge in [-0.2, -0.15) is 0 Å². The van der Waals surface area contributed by atoms with E-state index in [0.29, 0.717) is 30.2 Å². The fraction of sp³-hybridized carbons (Fsp3) is 0.290. The normalized spacial score (nSPS) is 12.9. The fourth-order valence-electron chi connectivity index (χ4n) is 5.30. The molecule has 2 N–H and O–H groups in total. The summed E-state index contributed by atoms with van der Waals surface area (Å²) in [5.74, 6) is 0.748. The Labute approximate surface area is 227 Å². The number of likely N-dealkylation sites (N-methyl/N-ethyl adjacent to an activating group) is 1. The number of fused-ring (bicyclic) bond motifs is 2. The number of para-hydroxylation sites is 1. The van der Waals surface area contributed by atoms with Crippen molar-refractivity contribution in [3.8, 4) is 11.5 Å². The SMILES string of the molecule is Cc1cccc2c(CC(=O)N[C@@H](Cc3ccccc3)C(=O)N(C)c3ccc4c(c3)OCO4)c(C)n(CCO)c12. The standard InChI is InChI=1S/C31H33N3O5/c1-20-8-7-11-24-25(21(2)34(14-15-35)30(20)24)18-29(36)32-26(16-22-9-5-4-6-10-22)31(37)33(3)23-12-13-27-28(17-23)39-19-38-27/h4-13,17,26,35H,14-16,18-19H2,1-3H3,(H,32,36)/t26-/m0/s1. The molecular weight excluding hydrogens is 494 g/mol. The average Bonchev–Trinajstić information content (AvgIpc) is 3.51. The van der Waals surface area contributed by atoms with E-state index in [4.69, 9.17) is 9.47 Å². The number of aryl methyl sites for hydroxylation is 1. The molecule has 1 atom stereocenters. The van der Waals surface area contributed by atoms with Crippen molar-refractivity contribution in [2.24, 2.45) is 0 Å². The number of nitrogens with zero attached hydrogens (tertiary/aromatic N) is 2. The monoisotopic (exact) mass is 527 g/mol. The van der Waals surface area contributed by atoms with E-state index in [9.17, 15) is 14.7 Å². The third-order valence-corrected chi connectivity index (χ3v) is 7.33. The zero-order valence-corrected chi connectivity index (χ0v) is 22.4. The third kappa shape index (κ3) is 5.33. The maximum Gasteiger partial charge on any atom is 0.249 e. The molecule has 0 aliphatic carbocycles. The number of aliphatic hydroxyl groups is 1. The molecule has 8 heteroatoms. The van der Waals surface area contributed by atoms with Gasteiger partial charge in [-0.1, -0.05) is 48.5 Å². The predicted molar refractivity (Wildman–Crippen MR) is 150 cm³/mol. The van der Waals surface area contributed by atoms with Crippen molar-refractivity contribution < 1.29 is 24.2 Å². The average molecular weight is 528 g/mol. The van der Waals surface area contributed by atoms with Crippen molar-refractivity contribution in [3.63, 3.8) is 0 Å². The van der Waals surface area contributed by atoms with Crippen LogP contribution in [0.4, 0.5) is 5.69 Å². The van der Waals surface area contributed by atoms with E-state index in [1.807, 2.05) is 62.4 Å². The Kier molecular flexibility index (Phi) is 7.56. The summed E-state index contributed by atoms with van der Waals surface area (Å²) in [7, 11) is 1.69. The van der Waals surface area contributed by atoms with E-state index in [1.165, 1.54) is 4.90 Å². The predicted octanol–water partition coefficient (Wildman–Crippen LogP) is 3.91. The number of hydrogen-bond donors (Lipinski definition) is 2. The minimum Gasteiger partial charge on any atom is -0.454 e. The molecule has 3 aromatic carbocycles. The Morgan fingerprint density at radius 3 is 2.56 bits per heavy atom. The highest BCUT2D eigenvalue weighted by Gasteiger charge is 2.27. The van der Waals surface area contributed by atoms with Crippen molar-refractivity contribution >= 4 is 28.4 Å². The Morgan fingerprint density at radius 2 is 1.79 bits per heavy atom. The molecule has 0 spiro atoms. The minimum atomic E-state index is -0.775. The second-order valence-corrected chi connectivity index (χ2v) is 9.83. The molecule has 0 unspecified atom stereocenters. The van der Waals surface area contributed by atoms with E-state index >= 15 is 0 Å². The molecule has 4 aromatic rings. The number of aromatic nitrogens is 1. The van der Waals surface area contributed by atoms with Gasteiger partial charge in [-0.15, -0.1) is 0 Å². The van der Waals surface area contributed by atoms with Gasteiger partial charge in [0.25, 0.3) is 0 Å². The number of carbonyl (C=O) groups is 2. The quantitative estimate of drug-likeness (QED) is 0.344. The molecule has 1 aliphatic heterocycles. The van der Waals surface area contributed by atoms with Crippen LogP contribution in [-0.2, 0) is 29.0 Å². The number of aliphatic hydroxyl groups excluding tert-OH is 1. The van der Waals surface area contributed by atoms with Crippen LogP contribution in [0.2, 0.25) is 0 Å². The van der Waals surface area contributed by atoms with Gasteiger partial charge in [0, 0.05) is 42.8 Å². The van der Waals surface area contributed by atoms with Gasteiger partial charge < -0.3 is 29.4 Å². The molecule has 39 heavy (non-hydrogen) atoms. The van der Waals surface area contributed by atoms with Crippen molar-refractivity contribution in [2.75, 3.05) is 25.3 Å². The molecular formula is C31H33N3O5. The summed E-state index contributed by atoms with van der Waals surface area (Å²) in [5, 5.41) is 13.7. The van der Waals surface area contributed by atoms with Crippen LogP contribution < -0.4 is 19.7 Å². The lowest BCUT2D eigenvalue weighted by atomic mass is 10.0. The van der Waals surface area contributed by atoms with Crippen LogP contribution >= 0.6 is 0 Å². The van der Waals surface area contributed by atoms with Gasteiger partial charge in [-0.05, 0) is 42.7 Å². The van der Waals surface area contributed by atoms with E-state index in [1.54, 1.807) is 25.2 Å². The van der Waals surface area contributed by atoms with E-state index in [0.717, 1.165) is 33.3 Å². The first-order chi connectivity index (χ1) is 18.9.